The third-order valence-corrected chi connectivity index (χ3v) is 4.53. The monoisotopic (exact) mass is 554 g/mol. The highest BCUT2D eigenvalue weighted by Crippen LogP contribution is 2.17. The number of guanidine groups is 1. The van der Waals surface area contributed by atoms with E-state index >= 15 is 0 Å². The van der Waals surface area contributed by atoms with Gasteiger partial charge in [-0.1, -0.05) is 36.4 Å². The summed E-state index contributed by atoms with van der Waals surface area (Å²) in [7, 11) is 1.68. The fourth-order valence-corrected chi connectivity index (χ4v) is 2.93. The molecule has 0 radical (unpaired) electrons. The van der Waals surface area contributed by atoms with Crippen LogP contribution in [0.5, 0.6) is 5.75 Å². The molecule has 0 spiro atoms. The zero-order valence-electron chi connectivity index (χ0n) is 19.2. The summed E-state index contributed by atoms with van der Waals surface area (Å²) >= 11 is 0. The van der Waals surface area contributed by atoms with Gasteiger partial charge in [0.2, 0.25) is 5.91 Å². The highest BCUT2D eigenvalue weighted by molar-refractivity contribution is 14.0. The average molecular weight is 554 g/mol. The summed E-state index contributed by atoms with van der Waals surface area (Å²) < 4.78 is 10.8. The molecule has 8 heteroatoms. The first-order valence-corrected chi connectivity index (χ1v) is 10.7. The largest absolute Gasteiger partial charge is 0.493 e. The zero-order chi connectivity index (χ0) is 22.3. The fraction of sp³-hybridized carbons (Fsp3) is 0.417. The van der Waals surface area contributed by atoms with E-state index in [0.29, 0.717) is 38.8 Å². The molecule has 2 rings (SSSR count). The van der Waals surface area contributed by atoms with Gasteiger partial charge >= 0.3 is 0 Å². The molecule has 2 aromatic carbocycles. The first kappa shape index (κ1) is 27.7. The molecule has 0 saturated heterocycles. The van der Waals surface area contributed by atoms with Gasteiger partial charge in [-0.15, -0.1) is 24.0 Å². The number of anilines is 1. The van der Waals surface area contributed by atoms with Crippen molar-refractivity contribution in [1.82, 2.24) is 10.2 Å². The van der Waals surface area contributed by atoms with Crippen molar-refractivity contribution in [2.75, 3.05) is 45.3 Å². The van der Waals surface area contributed by atoms with Gasteiger partial charge in [0, 0.05) is 51.5 Å². The predicted molar refractivity (Wildman–Crippen MR) is 141 cm³/mol. The van der Waals surface area contributed by atoms with Crippen molar-refractivity contribution in [3.05, 3.63) is 60.2 Å². The molecule has 176 valence electrons. The Morgan fingerprint density at radius 3 is 2.53 bits per heavy atom. The minimum absolute atomic E-state index is 0. The Balaban J connectivity index is 0.00000512. The quantitative estimate of drug-likeness (QED) is 0.179. The van der Waals surface area contributed by atoms with E-state index in [1.54, 1.807) is 12.0 Å². The lowest BCUT2D eigenvalue weighted by Gasteiger charge is -2.20. The van der Waals surface area contributed by atoms with Crippen molar-refractivity contribution in [3.8, 4) is 5.75 Å². The van der Waals surface area contributed by atoms with E-state index < -0.39 is 0 Å². The minimum atomic E-state index is -0.0150. The number of ether oxygens (including phenoxy) is 2. The Morgan fingerprint density at radius 1 is 1.06 bits per heavy atom. The molecule has 2 N–H and O–H groups in total. The van der Waals surface area contributed by atoms with Crippen LogP contribution in [0.4, 0.5) is 5.69 Å². The van der Waals surface area contributed by atoms with Crippen LogP contribution in [0.2, 0.25) is 0 Å². The number of hydrogen-bond donors (Lipinski definition) is 2. The molecule has 0 unspecified atom stereocenters. The van der Waals surface area contributed by atoms with E-state index in [1.807, 2.05) is 68.4 Å². The number of carbonyl (C=O) groups is 1. The lowest BCUT2D eigenvalue weighted by Crippen LogP contribution is -2.35. The first-order chi connectivity index (χ1) is 15.2. The Labute approximate surface area is 208 Å². The van der Waals surface area contributed by atoms with Crippen LogP contribution in [0, 0.1) is 0 Å². The third kappa shape index (κ3) is 10.3. The number of amides is 1. The van der Waals surface area contributed by atoms with E-state index in [-0.39, 0.29) is 36.4 Å². The van der Waals surface area contributed by atoms with Gasteiger partial charge in [-0.2, -0.15) is 0 Å². The summed E-state index contributed by atoms with van der Waals surface area (Å²) in [6.07, 6.45) is 0.831. The Morgan fingerprint density at radius 2 is 1.84 bits per heavy atom. The average Bonchev–Trinajstić information content (AvgIpc) is 2.79. The molecule has 0 aliphatic carbocycles. The van der Waals surface area contributed by atoms with Crippen molar-refractivity contribution in [2.24, 2.45) is 4.99 Å². The molecule has 2 aromatic rings. The van der Waals surface area contributed by atoms with Crippen LogP contribution in [-0.4, -0.2) is 56.7 Å². The number of likely N-dealkylation sites (N-methyl/N-ethyl adjacent to an activating group) is 1. The maximum atomic E-state index is 12.7. The number of nitrogens with one attached hydrogen (secondary N) is 2. The number of aliphatic imine (C=N–C) groups is 1. The Bertz CT molecular complexity index is 818. The predicted octanol–water partition coefficient (Wildman–Crippen LogP) is 4.15. The topological polar surface area (TPSA) is 75.2 Å². The number of hydrogen-bond acceptors (Lipinski definition) is 4. The highest BCUT2D eigenvalue weighted by Gasteiger charge is 2.12. The SMILES string of the molecule is CCNC(=NCC(=O)N(CC)Cc1ccccc1)Nc1cccc(OCCCOC)c1.I. The molecule has 0 heterocycles. The van der Waals surface area contributed by atoms with Crippen molar-refractivity contribution in [1.29, 1.82) is 0 Å². The molecule has 0 aromatic heterocycles. The summed E-state index contributed by atoms with van der Waals surface area (Å²) in [6, 6.07) is 17.7. The second-order valence-corrected chi connectivity index (χ2v) is 6.94. The molecule has 32 heavy (non-hydrogen) atoms. The highest BCUT2D eigenvalue weighted by atomic mass is 127. The van der Waals surface area contributed by atoms with Crippen LogP contribution in [0.15, 0.2) is 59.6 Å². The van der Waals surface area contributed by atoms with Gasteiger partial charge in [0.05, 0.1) is 6.61 Å². The van der Waals surface area contributed by atoms with Crippen molar-refractivity contribution >= 4 is 41.5 Å². The Hall–Kier alpha value is -2.33. The van der Waals surface area contributed by atoms with Crippen LogP contribution in [0.25, 0.3) is 0 Å². The van der Waals surface area contributed by atoms with Crippen LogP contribution in [0.1, 0.15) is 25.8 Å². The van der Waals surface area contributed by atoms with Gasteiger partial charge in [-0.25, -0.2) is 4.99 Å². The number of rotatable bonds is 12. The van der Waals surface area contributed by atoms with Gasteiger partial charge in [0.1, 0.15) is 12.3 Å². The number of benzene rings is 2. The number of halogens is 1. The molecule has 0 saturated carbocycles. The third-order valence-electron chi connectivity index (χ3n) is 4.53. The summed E-state index contributed by atoms with van der Waals surface area (Å²) in [5.74, 6) is 1.31. The van der Waals surface area contributed by atoms with Crippen molar-refractivity contribution < 1.29 is 14.3 Å². The molecule has 0 aliphatic rings. The number of nitrogens with zero attached hydrogens (tertiary/aromatic N) is 2. The second-order valence-electron chi connectivity index (χ2n) is 6.94. The maximum absolute atomic E-state index is 12.7. The molecule has 7 nitrogen and oxygen atoms in total. The van der Waals surface area contributed by atoms with E-state index in [9.17, 15) is 4.79 Å². The molecule has 0 aliphatic heterocycles. The molecular weight excluding hydrogens is 519 g/mol. The number of methoxy groups -OCH3 is 1. The van der Waals surface area contributed by atoms with E-state index in [0.717, 1.165) is 23.4 Å². The lowest BCUT2D eigenvalue weighted by atomic mass is 10.2. The fourth-order valence-electron chi connectivity index (χ4n) is 2.93. The van der Waals surface area contributed by atoms with Gasteiger partial charge in [-0.3, -0.25) is 4.79 Å². The maximum Gasteiger partial charge on any atom is 0.244 e. The van der Waals surface area contributed by atoms with Gasteiger partial charge in [0.25, 0.3) is 0 Å². The van der Waals surface area contributed by atoms with Crippen LogP contribution < -0.4 is 15.4 Å². The van der Waals surface area contributed by atoms with Crippen LogP contribution in [-0.2, 0) is 16.1 Å². The van der Waals surface area contributed by atoms with Gasteiger partial charge in [-0.05, 0) is 31.5 Å². The molecule has 0 fully saturated rings. The van der Waals surface area contributed by atoms with Crippen molar-refractivity contribution in [3.63, 3.8) is 0 Å². The normalized spacial score (nSPS) is 10.8. The summed E-state index contributed by atoms with van der Waals surface area (Å²) in [5, 5.41) is 6.43. The summed E-state index contributed by atoms with van der Waals surface area (Å²) in [4.78, 5) is 19.0. The van der Waals surface area contributed by atoms with Crippen LogP contribution >= 0.6 is 24.0 Å². The molecule has 0 bridgehead atoms. The first-order valence-electron chi connectivity index (χ1n) is 10.7. The van der Waals surface area contributed by atoms with E-state index in [4.69, 9.17) is 9.47 Å². The van der Waals surface area contributed by atoms with Crippen molar-refractivity contribution in [2.45, 2.75) is 26.8 Å². The lowest BCUT2D eigenvalue weighted by molar-refractivity contribution is -0.130. The van der Waals surface area contributed by atoms with E-state index in [1.165, 1.54) is 0 Å². The minimum Gasteiger partial charge on any atom is -0.493 e. The van der Waals surface area contributed by atoms with Crippen LogP contribution in [0.3, 0.4) is 0 Å². The number of carbonyl (C=O) groups excluding carboxylic acids is 1. The molecule has 0 atom stereocenters. The van der Waals surface area contributed by atoms with Gasteiger partial charge < -0.3 is 25.0 Å². The summed E-state index contributed by atoms with van der Waals surface area (Å²) in [5.41, 5.74) is 1.95. The second kappa shape index (κ2) is 16.3. The molecule has 1 amide bonds. The Kier molecular flexibility index (Phi) is 14.1. The summed E-state index contributed by atoms with van der Waals surface area (Å²) in [6.45, 7) is 7.20. The standard InChI is InChI=1S/C24H34N4O3.HI/c1-4-25-24(27-21-13-9-14-22(17-21)31-16-10-15-30-3)26-18-23(29)28(5-2)19-20-11-7-6-8-12-20;/h6-9,11-14,17H,4-5,10,15-16,18-19H2,1-3H3,(H2,25,26,27);1H. The van der Waals surface area contributed by atoms with E-state index in [2.05, 4.69) is 15.6 Å². The molecular formula is C24H35IN4O3. The smallest absolute Gasteiger partial charge is 0.244 e. The zero-order valence-corrected chi connectivity index (χ0v) is 21.5. The van der Waals surface area contributed by atoms with Gasteiger partial charge in [0.15, 0.2) is 5.96 Å².